The van der Waals surface area contributed by atoms with Crippen LogP contribution in [0.25, 0.3) is 0 Å². The summed E-state index contributed by atoms with van der Waals surface area (Å²) in [6, 6.07) is 0. The lowest BCUT2D eigenvalue weighted by atomic mass is 10.3. The Morgan fingerprint density at radius 3 is 2.88 bits per heavy atom. The van der Waals surface area contributed by atoms with Crippen molar-refractivity contribution in [2.24, 2.45) is 0 Å². The molecule has 0 aliphatic carbocycles. The van der Waals surface area contributed by atoms with Crippen LogP contribution in [0.1, 0.15) is 17.3 Å². The summed E-state index contributed by atoms with van der Waals surface area (Å²) in [5.41, 5.74) is 0.181. The predicted octanol–water partition coefficient (Wildman–Crippen LogP) is 0.515. The van der Waals surface area contributed by atoms with E-state index in [1.807, 2.05) is 6.92 Å². The third kappa shape index (κ3) is 3.39. The lowest BCUT2D eigenvalue weighted by molar-refractivity contribution is -0.119. The van der Waals surface area contributed by atoms with E-state index in [9.17, 15) is 9.59 Å². The molecule has 0 fully saturated rings. The Kier molecular flexibility index (Phi) is 4.84. The molecule has 0 radical (unpaired) electrons. The minimum Gasteiger partial charge on any atom is -0.355 e. The van der Waals surface area contributed by atoms with Gasteiger partial charge >= 0.3 is 0 Å². The SMILES string of the molecule is CCNC(=O)CN(C)c1ncnc(Cl)c1C=O. The van der Waals surface area contributed by atoms with Gasteiger partial charge in [-0.05, 0) is 6.92 Å². The van der Waals surface area contributed by atoms with E-state index in [1.165, 1.54) is 6.33 Å². The molecule has 17 heavy (non-hydrogen) atoms. The van der Waals surface area contributed by atoms with Crippen molar-refractivity contribution in [2.75, 3.05) is 25.0 Å². The largest absolute Gasteiger partial charge is 0.355 e. The average molecular weight is 257 g/mol. The Labute approximate surface area is 104 Å². The molecule has 0 bridgehead atoms. The van der Waals surface area contributed by atoms with Gasteiger partial charge in [0.1, 0.15) is 17.3 Å². The number of carbonyl (C=O) groups is 2. The fourth-order valence-electron chi connectivity index (χ4n) is 1.31. The normalized spacial score (nSPS) is 9.82. The van der Waals surface area contributed by atoms with Gasteiger partial charge in [0.05, 0.1) is 12.1 Å². The molecular formula is C10H13ClN4O2. The molecule has 0 atom stereocenters. The first-order valence-corrected chi connectivity index (χ1v) is 5.41. The standard InChI is InChI=1S/C10H13ClN4O2/c1-3-12-8(17)4-15(2)10-7(5-16)9(11)13-6-14-10/h5-6H,3-4H2,1-2H3,(H,12,17). The average Bonchev–Trinajstić information content (AvgIpc) is 2.28. The lowest BCUT2D eigenvalue weighted by Crippen LogP contribution is -2.35. The van der Waals surface area contributed by atoms with Crippen molar-refractivity contribution in [3.05, 3.63) is 17.0 Å². The van der Waals surface area contributed by atoms with Crippen molar-refractivity contribution in [3.63, 3.8) is 0 Å². The fraction of sp³-hybridized carbons (Fsp3) is 0.400. The van der Waals surface area contributed by atoms with E-state index in [2.05, 4.69) is 15.3 Å². The van der Waals surface area contributed by atoms with E-state index in [1.54, 1.807) is 11.9 Å². The number of anilines is 1. The van der Waals surface area contributed by atoms with Crippen molar-refractivity contribution < 1.29 is 9.59 Å². The number of nitrogens with zero attached hydrogens (tertiary/aromatic N) is 3. The highest BCUT2D eigenvalue weighted by molar-refractivity contribution is 6.32. The summed E-state index contributed by atoms with van der Waals surface area (Å²) in [5.74, 6) is 0.188. The second-order valence-corrected chi connectivity index (χ2v) is 3.69. The maximum Gasteiger partial charge on any atom is 0.239 e. The number of halogens is 1. The monoisotopic (exact) mass is 256 g/mol. The molecule has 1 rings (SSSR count). The molecule has 0 saturated heterocycles. The molecule has 6 nitrogen and oxygen atoms in total. The zero-order valence-corrected chi connectivity index (χ0v) is 10.4. The molecule has 0 aliphatic rings. The number of amides is 1. The number of aldehydes is 1. The molecule has 0 aromatic carbocycles. The Hall–Kier alpha value is -1.69. The summed E-state index contributed by atoms with van der Waals surface area (Å²) in [6.45, 7) is 2.48. The van der Waals surface area contributed by atoms with Gasteiger partial charge in [-0.15, -0.1) is 0 Å². The predicted molar refractivity (Wildman–Crippen MR) is 64.4 cm³/mol. The highest BCUT2D eigenvalue weighted by Gasteiger charge is 2.15. The Balaban J connectivity index is 2.88. The van der Waals surface area contributed by atoms with E-state index in [0.29, 0.717) is 18.6 Å². The van der Waals surface area contributed by atoms with Gasteiger partial charge in [-0.2, -0.15) is 0 Å². The number of aromatic nitrogens is 2. The molecule has 1 aromatic rings. The summed E-state index contributed by atoms with van der Waals surface area (Å²) >= 11 is 5.76. The van der Waals surface area contributed by atoms with E-state index in [4.69, 9.17) is 11.6 Å². The van der Waals surface area contributed by atoms with Crippen molar-refractivity contribution in [1.82, 2.24) is 15.3 Å². The summed E-state index contributed by atoms with van der Waals surface area (Å²) in [4.78, 5) is 31.5. The highest BCUT2D eigenvalue weighted by Crippen LogP contribution is 2.19. The van der Waals surface area contributed by atoms with Crippen LogP contribution in [0.5, 0.6) is 0 Å². The summed E-state index contributed by atoms with van der Waals surface area (Å²) < 4.78 is 0. The molecule has 92 valence electrons. The molecule has 0 unspecified atom stereocenters. The van der Waals surface area contributed by atoms with Gasteiger partial charge in [0, 0.05) is 13.6 Å². The first-order chi connectivity index (χ1) is 8.10. The minimum atomic E-state index is -0.151. The van der Waals surface area contributed by atoms with Crippen LogP contribution in [-0.4, -0.2) is 42.3 Å². The molecule has 0 aliphatic heterocycles. The molecular weight excluding hydrogens is 244 g/mol. The van der Waals surface area contributed by atoms with Gasteiger partial charge in [-0.3, -0.25) is 9.59 Å². The van der Waals surface area contributed by atoms with E-state index >= 15 is 0 Å². The molecule has 7 heteroatoms. The molecule has 0 saturated carbocycles. The van der Waals surface area contributed by atoms with Crippen LogP contribution in [-0.2, 0) is 4.79 Å². The maximum absolute atomic E-state index is 11.4. The third-order valence-electron chi connectivity index (χ3n) is 2.05. The van der Waals surface area contributed by atoms with Gasteiger partial charge < -0.3 is 10.2 Å². The van der Waals surface area contributed by atoms with Gasteiger partial charge in [0.15, 0.2) is 6.29 Å². The smallest absolute Gasteiger partial charge is 0.239 e. The van der Waals surface area contributed by atoms with Crippen LogP contribution >= 0.6 is 11.6 Å². The summed E-state index contributed by atoms with van der Waals surface area (Å²) in [6.07, 6.45) is 1.82. The quantitative estimate of drug-likeness (QED) is 0.614. The summed E-state index contributed by atoms with van der Waals surface area (Å²) in [7, 11) is 1.65. The number of carbonyl (C=O) groups excluding carboxylic acids is 2. The van der Waals surface area contributed by atoms with Crippen molar-refractivity contribution in [3.8, 4) is 0 Å². The number of likely N-dealkylation sites (N-methyl/N-ethyl adjacent to an activating group) is 2. The number of rotatable bonds is 5. The third-order valence-corrected chi connectivity index (χ3v) is 2.35. The topological polar surface area (TPSA) is 75.2 Å². The van der Waals surface area contributed by atoms with Crippen molar-refractivity contribution >= 4 is 29.6 Å². The van der Waals surface area contributed by atoms with Crippen LogP contribution in [0.3, 0.4) is 0 Å². The fourth-order valence-corrected chi connectivity index (χ4v) is 1.49. The van der Waals surface area contributed by atoms with Gasteiger partial charge in [-0.1, -0.05) is 11.6 Å². The zero-order chi connectivity index (χ0) is 12.8. The molecule has 1 aromatic heterocycles. The van der Waals surface area contributed by atoms with E-state index in [0.717, 1.165) is 0 Å². The Morgan fingerprint density at radius 2 is 2.29 bits per heavy atom. The summed E-state index contributed by atoms with van der Waals surface area (Å²) in [5, 5.41) is 2.73. The second kappa shape index (κ2) is 6.15. The van der Waals surface area contributed by atoms with Crippen molar-refractivity contribution in [2.45, 2.75) is 6.92 Å². The van der Waals surface area contributed by atoms with Crippen LogP contribution in [0, 0.1) is 0 Å². The van der Waals surface area contributed by atoms with Gasteiger partial charge in [0.25, 0.3) is 0 Å². The van der Waals surface area contributed by atoms with Gasteiger partial charge in [0.2, 0.25) is 5.91 Å². The Morgan fingerprint density at radius 1 is 1.59 bits per heavy atom. The maximum atomic E-state index is 11.4. The van der Waals surface area contributed by atoms with Crippen LogP contribution in [0.15, 0.2) is 6.33 Å². The van der Waals surface area contributed by atoms with Gasteiger partial charge in [-0.25, -0.2) is 9.97 Å². The number of nitrogens with one attached hydrogen (secondary N) is 1. The van der Waals surface area contributed by atoms with Crippen LogP contribution in [0.2, 0.25) is 5.15 Å². The zero-order valence-electron chi connectivity index (χ0n) is 9.61. The molecule has 1 heterocycles. The molecule has 1 N–H and O–H groups in total. The van der Waals surface area contributed by atoms with Crippen molar-refractivity contribution in [1.29, 1.82) is 0 Å². The molecule has 1 amide bonds. The second-order valence-electron chi connectivity index (χ2n) is 3.33. The number of hydrogen-bond donors (Lipinski definition) is 1. The minimum absolute atomic E-state index is 0.0766. The highest BCUT2D eigenvalue weighted by atomic mass is 35.5. The Bertz CT molecular complexity index is 425. The lowest BCUT2D eigenvalue weighted by Gasteiger charge is -2.18. The number of hydrogen-bond acceptors (Lipinski definition) is 5. The van der Waals surface area contributed by atoms with E-state index in [-0.39, 0.29) is 23.2 Å². The van der Waals surface area contributed by atoms with Crippen LogP contribution < -0.4 is 10.2 Å². The molecule has 0 spiro atoms. The first kappa shape index (κ1) is 13.4. The van der Waals surface area contributed by atoms with Crippen LogP contribution in [0.4, 0.5) is 5.82 Å². The van der Waals surface area contributed by atoms with E-state index < -0.39 is 0 Å². The first-order valence-electron chi connectivity index (χ1n) is 5.03.